The molecule has 76 valence electrons. The van der Waals surface area contributed by atoms with E-state index in [1.54, 1.807) is 0 Å². The second kappa shape index (κ2) is 4.55. The number of likely N-dealkylation sites (tertiary alicyclic amines) is 1. The van der Waals surface area contributed by atoms with Crippen LogP contribution in [0.3, 0.4) is 0 Å². The third kappa shape index (κ3) is 2.65. The van der Waals surface area contributed by atoms with E-state index in [0.29, 0.717) is 6.54 Å². The van der Waals surface area contributed by atoms with Crippen molar-refractivity contribution in [1.29, 1.82) is 0 Å². The minimum atomic E-state index is -0.837. The third-order valence-corrected chi connectivity index (χ3v) is 2.31. The zero-order valence-electron chi connectivity index (χ0n) is 7.77. The van der Waals surface area contributed by atoms with Gasteiger partial charge >= 0.3 is 5.97 Å². The second-order valence-corrected chi connectivity index (χ2v) is 3.35. The lowest BCUT2D eigenvalue weighted by atomic mass is 10.3. The number of carboxylic acid groups (broad SMARTS) is 1. The van der Waals surface area contributed by atoms with Crippen LogP contribution in [-0.2, 0) is 9.53 Å². The van der Waals surface area contributed by atoms with Gasteiger partial charge in [0.15, 0.2) is 0 Å². The van der Waals surface area contributed by atoms with Crippen LogP contribution < -0.4 is 5.73 Å². The molecule has 0 amide bonds. The maximum atomic E-state index is 10.8. The van der Waals surface area contributed by atoms with Gasteiger partial charge in [0, 0.05) is 26.2 Å². The highest BCUT2D eigenvalue weighted by Crippen LogP contribution is 2.11. The predicted octanol–water partition coefficient (Wildman–Crippen LogP) is -0.881. The molecule has 1 aliphatic rings. The van der Waals surface area contributed by atoms with Crippen molar-refractivity contribution in [3.05, 3.63) is 0 Å². The van der Waals surface area contributed by atoms with Crippen LogP contribution in [0.15, 0.2) is 0 Å². The number of nitrogens with two attached hydrogens (primary N) is 1. The standard InChI is InChI=1S/C8H16N2O3/c1-13-5-7(8(11)12)10-3-2-6(9)4-10/h6-7H,2-5,9H2,1H3,(H,11,12). The fourth-order valence-electron chi connectivity index (χ4n) is 1.59. The summed E-state index contributed by atoms with van der Waals surface area (Å²) in [7, 11) is 1.51. The predicted molar refractivity (Wildman–Crippen MR) is 47.5 cm³/mol. The molecule has 1 fully saturated rings. The molecule has 0 saturated carbocycles. The second-order valence-electron chi connectivity index (χ2n) is 3.35. The first-order valence-corrected chi connectivity index (χ1v) is 4.36. The van der Waals surface area contributed by atoms with Crippen molar-refractivity contribution in [3.63, 3.8) is 0 Å². The zero-order valence-corrected chi connectivity index (χ0v) is 7.77. The van der Waals surface area contributed by atoms with Crippen LogP contribution in [0, 0.1) is 0 Å². The first-order chi connectivity index (χ1) is 6.15. The summed E-state index contributed by atoms with van der Waals surface area (Å²) in [6.45, 7) is 1.63. The molecule has 2 unspecified atom stereocenters. The molecule has 1 aliphatic heterocycles. The van der Waals surface area contributed by atoms with Gasteiger partial charge < -0.3 is 15.6 Å². The van der Waals surface area contributed by atoms with Crippen molar-refractivity contribution in [2.75, 3.05) is 26.8 Å². The van der Waals surface area contributed by atoms with Crippen LogP contribution in [0.4, 0.5) is 0 Å². The lowest BCUT2D eigenvalue weighted by Crippen LogP contribution is -2.43. The van der Waals surface area contributed by atoms with Crippen LogP contribution in [0.25, 0.3) is 0 Å². The summed E-state index contributed by atoms with van der Waals surface area (Å²) < 4.78 is 4.85. The molecular formula is C8H16N2O3. The van der Waals surface area contributed by atoms with E-state index in [-0.39, 0.29) is 12.6 Å². The molecule has 0 spiro atoms. The fourth-order valence-corrected chi connectivity index (χ4v) is 1.59. The summed E-state index contributed by atoms with van der Waals surface area (Å²) in [6, 6.07) is -0.433. The maximum absolute atomic E-state index is 10.8. The summed E-state index contributed by atoms with van der Waals surface area (Å²) in [4.78, 5) is 12.7. The molecular weight excluding hydrogens is 172 g/mol. The number of nitrogens with zero attached hydrogens (tertiary/aromatic N) is 1. The van der Waals surface area contributed by atoms with Crippen molar-refractivity contribution in [2.24, 2.45) is 5.73 Å². The summed E-state index contributed by atoms with van der Waals surface area (Å²) in [6.07, 6.45) is 0.869. The lowest BCUT2D eigenvalue weighted by molar-refractivity contribution is -0.144. The highest BCUT2D eigenvalue weighted by atomic mass is 16.5. The van der Waals surface area contributed by atoms with Gasteiger partial charge in [0.2, 0.25) is 0 Å². The molecule has 2 atom stereocenters. The van der Waals surface area contributed by atoms with Gasteiger partial charge in [-0.25, -0.2) is 0 Å². The Morgan fingerprint density at radius 1 is 1.85 bits per heavy atom. The first kappa shape index (κ1) is 10.4. The quantitative estimate of drug-likeness (QED) is 0.599. The van der Waals surface area contributed by atoms with E-state index in [9.17, 15) is 4.79 Å². The zero-order chi connectivity index (χ0) is 9.84. The summed E-state index contributed by atoms with van der Waals surface area (Å²) in [5, 5.41) is 8.89. The van der Waals surface area contributed by atoms with Crippen LogP contribution >= 0.6 is 0 Å². The van der Waals surface area contributed by atoms with E-state index in [1.165, 1.54) is 7.11 Å². The number of hydrogen-bond donors (Lipinski definition) is 2. The number of aliphatic carboxylic acids is 1. The van der Waals surface area contributed by atoms with Gasteiger partial charge in [-0.15, -0.1) is 0 Å². The Balaban J connectivity index is 2.49. The molecule has 0 aliphatic carbocycles. The number of carbonyl (C=O) groups is 1. The number of hydrogen-bond acceptors (Lipinski definition) is 4. The van der Waals surface area contributed by atoms with Crippen molar-refractivity contribution in [3.8, 4) is 0 Å². The molecule has 1 heterocycles. The minimum absolute atomic E-state index is 0.110. The van der Waals surface area contributed by atoms with Gasteiger partial charge in [0.25, 0.3) is 0 Å². The molecule has 1 rings (SSSR count). The maximum Gasteiger partial charge on any atom is 0.323 e. The van der Waals surface area contributed by atoms with Crippen molar-refractivity contribution in [1.82, 2.24) is 4.90 Å². The normalized spacial score (nSPS) is 26.2. The fraction of sp³-hybridized carbons (Fsp3) is 0.875. The molecule has 13 heavy (non-hydrogen) atoms. The molecule has 0 bridgehead atoms. The third-order valence-electron chi connectivity index (χ3n) is 2.31. The molecule has 5 heteroatoms. The summed E-state index contributed by atoms with van der Waals surface area (Å²) in [5.41, 5.74) is 5.68. The first-order valence-electron chi connectivity index (χ1n) is 4.36. The summed E-state index contributed by atoms with van der Waals surface area (Å²) in [5.74, 6) is -0.837. The number of rotatable bonds is 4. The molecule has 0 aromatic heterocycles. The molecule has 5 nitrogen and oxygen atoms in total. The van der Waals surface area contributed by atoms with Crippen molar-refractivity contribution in [2.45, 2.75) is 18.5 Å². The Labute approximate surface area is 77.5 Å². The van der Waals surface area contributed by atoms with E-state index >= 15 is 0 Å². The Kier molecular flexibility index (Phi) is 3.65. The smallest absolute Gasteiger partial charge is 0.323 e. The largest absolute Gasteiger partial charge is 0.480 e. The van der Waals surface area contributed by atoms with E-state index < -0.39 is 12.0 Å². The Hall–Kier alpha value is -0.650. The molecule has 0 radical (unpaired) electrons. The highest BCUT2D eigenvalue weighted by Gasteiger charge is 2.30. The summed E-state index contributed by atoms with van der Waals surface area (Å²) >= 11 is 0. The molecule has 3 N–H and O–H groups in total. The van der Waals surface area contributed by atoms with E-state index in [1.807, 2.05) is 4.90 Å². The SMILES string of the molecule is COCC(C(=O)O)N1CCC(N)C1. The lowest BCUT2D eigenvalue weighted by Gasteiger charge is -2.22. The van der Waals surface area contributed by atoms with E-state index in [0.717, 1.165) is 13.0 Å². The van der Waals surface area contributed by atoms with Gasteiger partial charge in [-0.1, -0.05) is 0 Å². The van der Waals surface area contributed by atoms with Crippen molar-refractivity contribution < 1.29 is 14.6 Å². The van der Waals surface area contributed by atoms with Crippen LogP contribution in [-0.4, -0.2) is 54.9 Å². The van der Waals surface area contributed by atoms with Gasteiger partial charge in [-0.2, -0.15) is 0 Å². The van der Waals surface area contributed by atoms with Crippen molar-refractivity contribution >= 4 is 5.97 Å². The van der Waals surface area contributed by atoms with E-state index in [4.69, 9.17) is 15.6 Å². The number of carboxylic acids is 1. The van der Waals surface area contributed by atoms with Gasteiger partial charge in [-0.05, 0) is 6.42 Å². The van der Waals surface area contributed by atoms with Gasteiger partial charge in [0.05, 0.1) is 6.61 Å². The van der Waals surface area contributed by atoms with Gasteiger partial charge in [-0.3, -0.25) is 9.69 Å². The number of methoxy groups -OCH3 is 1. The minimum Gasteiger partial charge on any atom is -0.480 e. The van der Waals surface area contributed by atoms with Crippen LogP contribution in [0.2, 0.25) is 0 Å². The molecule has 0 aromatic carbocycles. The Morgan fingerprint density at radius 2 is 2.54 bits per heavy atom. The average molecular weight is 188 g/mol. The Bertz CT molecular complexity index is 186. The number of ether oxygens (including phenoxy) is 1. The monoisotopic (exact) mass is 188 g/mol. The van der Waals surface area contributed by atoms with E-state index in [2.05, 4.69) is 0 Å². The topological polar surface area (TPSA) is 75.8 Å². The molecule has 0 aromatic rings. The Morgan fingerprint density at radius 3 is 2.92 bits per heavy atom. The molecule has 1 saturated heterocycles. The van der Waals surface area contributed by atoms with Gasteiger partial charge in [0.1, 0.15) is 6.04 Å². The highest BCUT2D eigenvalue weighted by molar-refractivity contribution is 5.73. The van der Waals surface area contributed by atoms with Crippen LogP contribution in [0.5, 0.6) is 0 Å². The average Bonchev–Trinajstić information content (AvgIpc) is 2.46. The van der Waals surface area contributed by atoms with Crippen LogP contribution in [0.1, 0.15) is 6.42 Å².